The molecule has 0 N–H and O–H groups in total. The Kier molecular flexibility index (Phi) is 6.32. The molecule has 7 heteroatoms. The first-order chi connectivity index (χ1) is 12.6. The van der Waals surface area contributed by atoms with Crippen molar-refractivity contribution in [2.24, 2.45) is 0 Å². The SMILES string of the molecule is CCN(C[C@@H]1CCCO1)C(=O)CSc1nncn1-c1ccc(C)c(C)c1. The third kappa shape index (κ3) is 4.45. The molecule has 2 aromatic rings. The van der Waals surface area contributed by atoms with Crippen LogP contribution in [0.2, 0.25) is 0 Å². The zero-order chi connectivity index (χ0) is 18.5. The van der Waals surface area contributed by atoms with E-state index in [1.807, 2.05) is 22.5 Å². The van der Waals surface area contributed by atoms with E-state index in [1.165, 1.54) is 22.9 Å². The molecule has 6 nitrogen and oxygen atoms in total. The molecule has 1 aromatic carbocycles. The first kappa shape index (κ1) is 18.9. The van der Waals surface area contributed by atoms with Gasteiger partial charge in [-0.25, -0.2) is 0 Å². The van der Waals surface area contributed by atoms with Crippen molar-refractivity contribution in [1.29, 1.82) is 0 Å². The van der Waals surface area contributed by atoms with E-state index >= 15 is 0 Å². The number of benzene rings is 1. The van der Waals surface area contributed by atoms with E-state index in [0.717, 1.165) is 30.3 Å². The van der Waals surface area contributed by atoms with Crippen LogP contribution in [0.3, 0.4) is 0 Å². The van der Waals surface area contributed by atoms with Crippen LogP contribution in [0.1, 0.15) is 30.9 Å². The second kappa shape index (κ2) is 8.68. The van der Waals surface area contributed by atoms with E-state index in [2.05, 4.69) is 36.2 Å². The number of nitrogens with zero attached hydrogens (tertiary/aromatic N) is 4. The summed E-state index contributed by atoms with van der Waals surface area (Å²) in [5, 5.41) is 8.94. The van der Waals surface area contributed by atoms with E-state index < -0.39 is 0 Å². The van der Waals surface area contributed by atoms with Gasteiger partial charge < -0.3 is 9.64 Å². The molecule has 0 aliphatic carbocycles. The summed E-state index contributed by atoms with van der Waals surface area (Å²) < 4.78 is 7.59. The normalized spacial score (nSPS) is 16.8. The number of likely N-dealkylation sites (N-methyl/N-ethyl adjacent to an activating group) is 1. The zero-order valence-corrected chi connectivity index (χ0v) is 16.5. The Balaban J connectivity index is 1.63. The molecule has 140 valence electrons. The molecule has 1 aliphatic rings. The van der Waals surface area contributed by atoms with E-state index in [0.29, 0.717) is 18.8 Å². The number of carbonyl (C=O) groups excluding carboxylic acids is 1. The van der Waals surface area contributed by atoms with Crippen molar-refractivity contribution in [3.63, 3.8) is 0 Å². The van der Waals surface area contributed by atoms with E-state index in [1.54, 1.807) is 6.33 Å². The van der Waals surface area contributed by atoms with Crippen LogP contribution in [-0.2, 0) is 9.53 Å². The molecule has 0 saturated carbocycles. The summed E-state index contributed by atoms with van der Waals surface area (Å²) in [5.41, 5.74) is 3.48. The first-order valence-electron chi connectivity index (χ1n) is 9.08. The van der Waals surface area contributed by atoms with Gasteiger partial charge in [-0.15, -0.1) is 10.2 Å². The lowest BCUT2D eigenvalue weighted by atomic mass is 10.1. The summed E-state index contributed by atoms with van der Waals surface area (Å²) >= 11 is 1.43. The lowest BCUT2D eigenvalue weighted by molar-refractivity contribution is -0.129. The summed E-state index contributed by atoms with van der Waals surface area (Å²) in [6.07, 6.45) is 4.01. The van der Waals surface area contributed by atoms with Gasteiger partial charge in [-0.3, -0.25) is 9.36 Å². The van der Waals surface area contributed by atoms with Crippen molar-refractivity contribution in [3.8, 4) is 5.69 Å². The van der Waals surface area contributed by atoms with Crippen LogP contribution < -0.4 is 0 Å². The van der Waals surface area contributed by atoms with Gasteiger partial charge in [-0.2, -0.15) is 0 Å². The third-order valence-electron chi connectivity index (χ3n) is 4.79. The lowest BCUT2D eigenvalue weighted by Crippen LogP contribution is -2.38. The minimum Gasteiger partial charge on any atom is -0.376 e. The highest BCUT2D eigenvalue weighted by molar-refractivity contribution is 7.99. The van der Waals surface area contributed by atoms with Crippen molar-refractivity contribution in [1.82, 2.24) is 19.7 Å². The Morgan fingerprint density at radius 3 is 2.92 bits per heavy atom. The average Bonchev–Trinajstić information content (AvgIpc) is 3.31. The molecular formula is C19H26N4O2S. The summed E-state index contributed by atoms with van der Waals surface area (Å²) in [6, 6.07) is 6.25. The molecule has 0 radical (unpaired) electrons. The molecule has 3 rings (SSSR count). The number of thioether (sulfide) groups is 1. The molecule has 1 fully saturated rings. The molecule has 1 saturated heterocycles. The number of aromatic nitrogens is 3. The monoisotopic (exact) mass is 374 g/mol. The van der Waals surface area contributed by atoms with Gasteiger partial charge in [0.15, 0.2) is 5.16 Å². The lowest BCUT2D eigenvalue weighted by Gasteiger charge is -2.23. The number of amides is 1. The molecule has 0 bridgehead atoms. The Hall–Kier alpha value is -1.86. The second-order valence-corrected chi connectivity index (χ2v) is 7.55. The smallest absolute Gasteiger partial charge is 0.233 e. The number of carbonyl (C=O) groups is 1. The highest BCUT2D eigenvalue weighted by atomic mass is 32.2. The number of rotatable bonds is 7. The number of aryl methyl sites for hydroxylation is 2. The van der Waals surface area contributed by atoms with Crippen molar-refractivity contribution in [2.75, 3.05) is 25.4 Å². The standard InChI is InChI=1S/C19H26N4O2S/c1-4-22(11-17-6-5-9-25-17)18(24)12-26-19-21-20-13-23(19)16-8-7-14(2)15(3)10-16/h7-8,10,13,17H,4-6,9,11-12H2,1-3H3/t17-/m0/s1. The maximum Gasteiger partial charge on any atom is 0.233 e. The van der Waals surface area contributed by atoms with Crippen molar-refractivity contribution in [3.05, 3.63) is 35.7 Å². The summed E-state index contributed by atoms with van der Waals surface area (Å²) in [4.78, 5) is 14.5. The number of hydrogen-bond donors (Lipinski definition) is 0. The Morgan fingerprint density at radius 1 is 1.38 bits per heavy atom. The minimum absolute atomic E-state index is 0.114. The number of hydrogen-bond acceptors (Lipinski definition) is 5. The quantitative estimate of drug-likeness (QED) is 0.697. The summed E-state index contributed by atoms with van der Waals surface area (Å²) in [5.74, 6) is 0.465. The fourth-order valence-electron chi connectivity index (χ4n) is 3.03. The summed E-state index contributed by atoms with van der Waals surface area (Å²) in [7, 11) is 0. The van der Waals surface area contributed by atoms with Gasteiger partial charge >= 0.3 is 0 Å². The first-order valence-corrected chi connectivity index (χ1v) is 10.1. The average molecular weight is 375 g/mol. The molecule has 26 heavy (non-hydrogen) atoms. The third-order valence-corrected chi connectivity index (χ3v) is 5.72. The molecule has 1 amide bonds. The highest BCUT2D eigenvalue weighted by Gasteiger charge is 2.22. The van der Waals surface area contributed by atoms with E-state index in [9.17, 15) is 4.79 Å². The van der Waals surface area contributed by atoms with Crippen molar-refractivity contribution >= 4 is 17.7 Å². The van der Waals surface area contributed by atoms with Crippen LogP contribution in [0.5, 0.6) is 0 Å². The van der Waals surface area contributed by atoms with Crippen LogP contribution in [-0.4, -0.2) is 57.1 Å². The zero-order valence-electron chi connectivity index (χ0n) is 15.6. The number of ether oxygens (including phenoxy) is 1. The van der Waals surface area contributed by atoms with E-state index in [4.69, 9.17) is 4.74 Å². The Labute approximate surface area is 158 Å². The van der Waals surface area contributed by atoms with Crippen molar-refractivity contribution < 1.29 is 9.53 Å². The van der Waals surface area contributed by atoms with Crippen LogP contribution in [0.25, 0.3) is 5.69 Å². The highest BCUT2D eigenvalue weighted by Crippen LogP contribution is 2.22. The molecule has 1 aromatic heterocycles. The van der Waals surface area contributed by atoms with Crippen LogP contribution >= 0.6 is 11.8 Å². The van der Waals surface area contributed by atoms with Crippen LogP contribution in [0.4, 0.5) is 0 Å². The van der Waals surface area contributed by atoms with Gasteiger partial charge in [-0.05, 0) is 56.9 Å². The largest absolute Gasteiger partial charge is 0.376 e. The molecule has 2 heterocycles. The van der Waals surface area contributed by atoms with Gasteiger partial charge in [0, 0.05) is 25.4 Å². The molecule has 0 spiro atoms. The predicted molar refractivity (Wildman–Crippen MR) is 103 cm³/mol. The maximum absolute atomic E-state index is 12.6. The Bertz CT molecular complexity index is 756. The molecule has 1 aliphatic heterocycles. The fraction of sp³-hybridized carbons (Fsp3) is 0.526. The van der Waals surface area contributed by atoms with Crippen molar-refractivity contribution in [2.45, 2.75) is 44.9 Å². The van der Waals surface area contributed by atoms with Gasteiger partial charge in [0.1, 0.15) is 6.33 Å². The van der Waals surface area contributed by atoms with Gasteiger partial charge in [0.25, 0.3) is 0 Å². The molecule has 0 unspecified atom stereocenters. The molecule has 1 atom stereocenters. The fourth-order valence-corrected chi connectivity index (χ4v) is 3.87. The van der Waals surface area contributed by atoms with Crippen LogP contribution in [0.15, 0.2) is 29.7 Å². The topological polar surface area (TPSA) is 60.2 Å². The van der Waals surface area contributed by atoms with Gasteiger partial charge in [-0.1, -0.05) is 17.8 Å². The predicted octanol–water partition coefficient (Wildman–Crippen LogP) is 3.00. The molecular weight excluding hydrogens is 348 g/mol. The maximum atomic E-state index is 12.6. The summed E-state index contributed by atoms with van der Waals surface area (Å²) in [6.45, 7) is 8.37. The second-order valence-electron chi connectivity index (χ2n) is 6.61. The van der Waals surface area contributed by atoms with Gasteiger partial charge in [0.2, 0.25) is 5.91 Å². The Morgan fingerprint density at radius 2 is 2.23 bits per heavy atom. The van der Waals surface area contributed by atoms with E-state index in [-0.39, 0.29) is 12.0 Å². The minimum atomic E-state index is 0.114. The van der Waals surface area contributed by atoms with Gasteiger partial charge in [0.05, 0.1) is 11.9 Å². The van der Waals surface area contributed by atoms with Crippen LogP contribution in [0, 0.1) is 13.8 Å².